The molecular formula is C29H17ClK2N6O8S. The fourth-order valence-corrected chi connectivity index (χ4v) is 5.40. The Morgan fingerprint density at radius 3 is 2.17 bits per heavy atom. The molecule has 0 aromatic heterocycles. The molecule has 47 heavy (non-hydrogen) atoms. The van der Waals surface area contributed by atoms with Gasteiger partial charge in [0.1, 0.15) is 5.75 Å². The number of carboxylic acids is 2. The van der Waals surface area contributed by atoms with Gasteiger partial charge in [-0.3, -0.25) is 9.52 Å². The van der Waals surface area contributed by atoms with Crippen LogP contribution in [0.5, 0.6) is 5.75 Å². The Bertz CT molecular complexity index is 2130. The number of nitrogens with zero attached hydrogens (tertiary/aromatic N) is 4. The minimum atomic E-state index is -4.71. The van der Waals surface area contributed by atoms with Crippen LogP contribution in [0.4, 0.5) is 28.4 Å². The number of carboxylic acid groups (broad SMARTS) is 2. The second-order valence-corrected chi connectivity index (χ2v) is 11.2. The molecule has 226 valence electrons. The molecule has 0 spiro atoms. The summed E-state index contributed by atoms with van der Waals surface area (Å²) < 4.78 is 29.1. The maximum absolute atomic E-state index is 13.4. The Balaban J connectivity index is 0.00000384. The number of rotatable bonds is 9. The number of hydrogen-bond donors (Lipinski definition) is 3. The predicted molar refractivity (Wildman–Crippen MR) is 157 cm³/mol. The number of halogens is 1. The van der Waals surface area contributed by atoms with Gasteiger partial charge in [-0.15, -0.1) is 5.11 Å². The van der Waals surface area contributed by atoms with E-state index in [9.17, 15) is 43.4 Å². The van der Waals surface area contributed by atoms with Crippen molar-refractivity contribution in [2.24, 2.45) is 10.2 Å². The quantitative estimate of drug-likeness (QED) is 0.0744. The Morgan fingerprint density at radius 2 is 1.62 bits per heavy atom. The van der Waals surface area contributed by atoms with Crippen LogP contribution in [0.1, 0.15) is 39.6 Å². The number of benzene rings is 4. The van der Waals surface area contributed by atoms with Gasteiger partial charge in [0.15, 0.2) is 0 Å². The number of phenolic OH excluding ortho intramolecular Hbond substituents is 1. The zero-order valence-electron chi connectivity index (χ0n) is 24.8. The number of azo groups is 1. The van der Waals surface area contributed by atoms with Crippen molar-refractivity contribution in [3.63, 3.8) is 0 Å². The molecule has 0 fully saturated rings. The number of phenols is 1. The standard InChI is InChI=1S/C29H19ClN6O8S.2K/c1-3-25(37)33-24-12-23(35-34-22-11-21(32-2)16(13-31)10-19(22)30)26-18(27(24)38)5-4-6-20(26)36-45(43,44)17-8-14(28(39)40)7-15(9-17)29(41)42;;/h4-12,36,38H,3H2,1H3,(H,33,37)(H,39,40)(H,41,42);;/q;2*+1/p-2. The summed E-state index contributed by atoms with van der Waals surface area (Å²) in [6.07, 6.45) is 0.0488. The number of fused-ring (bicyclic) bond motifs is 1. The average molecular weight is 723 g/mol. The second kappa shape index (κ2) is 17.1. The summed E-state index contributed by atoms with van der Waals surface area (Å²) in [5.41, 5.74) is -2.01. The monoisotopic (exact) mass is 722 g/mol. The van der Waals surface area contributed by atoms with E-state index in [1.165, 1.54) is 36.4 Å². The fourth-order valence-electron chi connectivity index (χ4n) is 4.06. The molecule has 0 saturated heterocycles. The molecule has 18 heteroatoms. The van der Waals surface area contributed by atoms with Crippen LogP contribution in [-0.2, 0) is 14.8 Å². The summed E-state index contributed by atoms with van der Waals surface area (Å²) in [5.74, 6) is -4.61. The summed E-state index contributed by atoms with van der Waals surface area (Å²) in [4.78, 5) is 37.5. The van der Waals surface area contributed by atoms with Crippen molar-refractivity contribution in [1.82, 2.24) is 0 Å². The molecule has 1 amide bonds. The number of carbonyl (C=O) groups is 3. The molecule has 0 aliphatic heterocycles. The summed E-state index contributed by atoms with van der Waals surface area (Å²) in [7, 11) is -4.71. The smallest absolute Gasteiger partial charge is 0.545 e. The summed E-state index contributed by atoms with van der Waals surface area (Å²) in [6, 6.07) is 11.5. The van der Waals surface area contributed by atoms with E-state index in [0.29, 0.717) is 18.2 Å². The summed E-state index contributed by atoms with van der Waals surface area (Å²) in [5, 5.41) is 53.7. The Hall–Kier alpha value is -2.76. The fraction of sp³-hybridized carbons (Fsp3) is 0.0690. The number of nitriles is 1. The first kappa shape index (κ1) is 40.4. The van der Waals surface area contributed by atoms with Crippen molar-refractivity contribution in [3.8, 4) is 11.8 Å². The van der Waals surface area contributed by atoms with Gasteiger partial charge in [-0.05, 0) is 53.6 Å². The normalized spacial score (nSPS) is 10.6. The van der Waals surface area contributed by atoms with E-state index < -0.39 is 49.6 Å². The van der Waals surface area contributed by atoms with Crippen LogP contribution >= 0.6 is 11.6 Å². The number of aromatic carboxylic acids is 2. The van der Waals surface area contributed by atoms with Gasteiger partial charge in [-0.25, -0.2) is 13.3 Å². The van der Waals surface area contributed by atoms with Crippen LogP contribution in [0, 0.1) is 17.9 Å². The largest absolute Gasteiger partial charge is 1.00 e. The van der Waals surface area contributed by atoms with Crippen LogP contribution in [-0.4, -0.2) is 31.4 Å². The van der Waals surface area contributed by atoms with Gasteiger partial charge in [0.25, 0.3) is 10.0 Å². The third-order valence-corrected chi connectivity index (χ3v) is 7.86. The van der Waals surface area contributed by atoms with Crippen LogP contribution < -0.4 is 123 Å². The molecule has 4 aromatic carbocycles. The number of aromatic hydroxyl groups is 1. The van der Waals surface area contributed by atoms with E-state index >= 15 is 0 Å². The van der Waals surface area contributed by atoms with Crippen molar-refractivity contribution >= 4 is 78.7 Å². The number of nitrogens with one attached hydrogen (secondary N) is 2. The molecule has 0 heterocycles. The molecule has 0 saturated carbocycles. The van der Waals surface area contributed by atoms with Gasteiger partial charge >= 0.3 is 103 Å². The third kappa shape index (κ3) is 9.24. The third-order valence-electron chi connectivity index (χ3n) is 6.21. The van der Waals surface area contributed by atoms with Gasteiger partial charge in [0.2, 0.25) is 11.6 Å². The van der Waals surface area contributed by atoms with Gasteiger partial charge in [-0.2, -0.15) is 10.4 Å². The van der Waals surface area contributed by atoms with E-state index in [1.54, 1.807) is 6.92 Å². The van der Waals surface area contributed by atoms with Crippen LogP contribution in [0.2, 0.25) is 5.02 Å². The predicted octanol–water partition coefficient (Wildman–Crippen LogP) is -2.08. The minimum absolute atomic E-state index is 0. The van der Waals surface area contributed by atoms with Crippen LogP contribution in [0.25, 0.3) is 15.6 Å². The maximum atomic E-state index is 13.4. The molecule has 0 atom stereocenters. The molecule has 0 unspecified atom stereocenters. The zero-order chi connectivity index (χ0) is 33.1. The molecule has 0 bridgehead atoms. The topological polar surface area (TPSA) is 229 Å². The maximum Gasteiger partial charge on any atom is 1.00 e. The van der Waals surface area contributed by atoms with Gasteiger partial charge < -0.3 is 30.2 Å². The van der Waals surface area contributed by atoms with Gasteiger partial charge in [-0.1, -0.05) is 30.7 Å². The Morgan fingerprint density at radius 1 is 1.00 bits per heavy atom. The van der Waals surface area contributed by atoms with Crippen molar-refractivity contribution in [3.05, 3.63) is 87.7 Å². The first-order valence-corrected chi connectivity index (χ1v) is 14.4. The van der Waals surface area contributed by atoms with Gasteiger partial charge in [0.05, 0.1) is 62.8 Å². The molecule has 0 aliphatic carbocycles. The minimum Gasteiger partial charge on any atom is -0.545 e. The molecular weight excluding hydrogens is 706 g/mol. The van der Waals surface area contributed by atoms with Crippen molar-refractivity contribution in [1.29, 1.82) is 5.26 Å². The number of amides is 1. The van der Waals surface area contributed by atoms with E-state index in [-0.39, 0.29) is 159 Å². The summed E-state index contributed by atoms with van der Waals surface area (Å²) >= 11 is 6.23. The molecule has 3 N–H and O–H groups in total. The average Bonchev–Trinajstić information content (AvgIpc) is 3.01. The molecule has 0 radical (unpaired) electrons. The number of hydrogen-bond acceptors (Lipinski definition) is 11. The molecule has 4 aromatic rings. The van der Waals surface area contributed by atoms with Crippen LogP contribution in [0.15, 0.2) is 69.7 Å². The number of sulfonamides is 1. The van der Waals surface area contributed by atoms with Gasteiger partial charge in [0, 0.05) is 17.2 Å². The SMILES string of the molecule is [C-]#[N+]c1cc(N=Nc2cc(NC(=O)CC)c(O)c3cccc(NS(=O)(=O)c4cc(C(=O)[O-])cc(C(=O)[O-])c4)c23)c(Cl)cc1C#N.[K+].[K+]. The number of anilines is 2. The van der Waals surface area contributed by atoms with E-state index in [2.05, 4.69) is 25.1 Å². The summed E-state index contributed by atoms with van der Waals surface area (Å²) in [6.45, 7) is 8.88. The van der Waals surface area contributed by atoms with Crippen molar-refractivity contribution in [2.45, 2.75) is 18.2 Å². The van der Waals surface area contributed by atoms with Crippen molar-refractivity contribution in [2.75, 3.05) is 10.0 Å². The Labute approximate surface area is 357 Å². The zero-order valence-corrected chi connectivity index (χ0v) is 32.6. The first-order valence-electron chi connectivity index (χ1n) is 12.5. The molecule has 4 rings (SSSR count). The Kier molecular flexibility index (Phi) is 14.7. The van der Waals surface area contributed by atoms with E-state index in [4.69, 9.17) is 18.2 Å². The van der Waals surface area contributed by atoms with Crippen molar-refractivity contribution < 1.29 is 141 Å². The van der Waals surface area contributed by atoms with E-state index in [0.717, 1.165) is 0 Å². The first-order chi connectivity index (χ1) is 21.3. The van der Waals surface area contributed by atoms with Crippen LogP contribution in [0.3, 0.4) is 0 Å². The number of carbonyl (C=O) groups excluding carboxylic acids is 3. The molecule has 0 aliphatic rings. The second-order valence-electron chi connectivity index (χ2n) is 9.09. The molecule has 14 nitrogen and oxygen atoms in total. The van der Waals surface area contributed by atoms with E-state index in [1.807, 2.05) is 6.07 Å².